The van der Waals surface area contributed by atoms with Gasteiger partial charge in [-0.05, 0) is 50.1 Å². The van der Waals surface area contributed by atoms with E-state index in [-0.39, 0.29) is 5.56 Å². The lowest BCUT2D eigenvalue weighted by Gasteiger charge is -2.33. The first kappa shape index (κ1) is 16.4. The quantitative estimate of drug-likeness (QED) is 0.591. The van der Waals surface area contributed by atoms with Gasteiger partial charge in [0.1, 0.15) is 0 Å². The van der Waals surface area contributed by atoms with Crippen LogP contribution in [-0.2, 0) is 0 Å². The Morgan fingerprint density at radius 2 is 1.96 bits per heavy atom. The summed E-state index contributed by atoms with van der Waals surface area (Å²) in [6, 6.07) is 12.2. The van der Waals surface area contributed by atoms with Crippen molar-refractivity contribution in [2.75, 3.05) is 18.0 Å². The van der Waals surface area contributed by atoms with E-state index in [0.717, 1.165) is 29.2 Å². The Morgan fingerprint density at radius 3 is 2.70 bits per heavy atom. The van der Waals surface area contributed by atoms with Crippen LogP contribution in [0, 0.1) is 13.8 Å². The highest BCUT2D eigenvalue weighted by Crippen LogP contribution is 2.32. The van der Waals surface area contributed by atoms with Gasteiger partial charge in [-0.3, -0.25) is 4.79 Å². The van der Waals surface area contributed by atoms with E-state index in [1.807, 2.05) is 22.7 Å². The Morgan fingerprint density at radius 1 is 1.11 bits per heavy atom. The van der Waals surface area contributed by atoms with E-state index in [4.69, 9.17) is 0 Å². The second-order valence-corrected chi connectivity index (χ2v) is 8.04. The molecule has 0 atom stereocenters. The largest absolute Gasteiger partial charge is 0.371 e. The molecule has 1 N–H and O–H groups in total. The van der Waals surface area contributed by atoms with Gasteiger partial charge >= 0.3 is 0 Å². The van der Waals surface area contributed by atoms with Gasteiger partial charge in [0, 0.05) is 23.7 Å². The van der Waals surface area contributed by atoms with Gasteiger partial charge in [0.25, 0.3) is 5.56 Å². The van der Waals surface area contributed by atoms with Crippen LogP contribution in [0.2, 0.25) is 0 Å². The first-order valence-corrected chi connectivity index (χ1v) is 9.83. The summed E-state index contributed by atoms with van der Waals surface area (Å²) < 4.78 is 1.81. The topological polar surface area (TPSA) is 66.3 Å². The van der Waals surface area contributed by atoms with Crippen molar-refractivity contribution >= 4 is 34.0 Å². The predicted octanol–water partition coefficient (Wildman–Crippen LogP) is 3.55. The van der Waals surface area contributed by atoms with Crippen molar-refractivity contribution in [3.05, 3.63) is 57.9 Å². The van der Waals surface area contributed by atoms with E-state index < -0.39 is 0 Å². The molecule has 3 heterocycles. The van der Waals surface area contributed by atoms with E-state index in [9.17, 15) is 4.79 Å². The van der Waals surface area contributed by atoms with Crippen LogP contribution >= 0.6 is 11.8 Å². The molecule has 0 unspecified atom stereocenters. The zero-order valence-corrected chi connectivity index (χ0v) is 16.0. The van der Waals surface area contributed by atoms with Crippen molar-refractivity contribution in [3.8, 4) is 0 Å². The molecule has 0 radical (unpaired) electrons. The summed E-state index contributed by atoms with van der Waals surface area (Å²) in [4.78, 5) is 20.3. The van der Waals surface area contributed by atoms with E-state index >= 15 is 0 Å². The lowest BCUT2D eigenvalue weighted by molar-refractivity contribution is 0.618. The standard InChI is InChI=1S/C20H19N5OS/c1-12-4-7-17(13(2)10-12)27-20-18-21-19(26)15-6-5-14(24-8-3-9-24)11-16(15)25(18)23-22-20/h4-7,10-11,23H,3,8-9H2,1-2H3. The number of rotatable bonds is 3. The molecule has 0 spiro atoms. The lowest BCUT2D eigenvalue weighted by Crippen LogP contribution is -2.36. The molecule has 6 nitrogen and oxygen atoms in total. The number of H-pyrrole nitrogens is 1. The molecule has 0 saturated carbocycles. The average molecular weight is 377 g/mol. The fraction of sp³-hybridized carbons (Fsp3) is 0.250. The number of nitrogens with one attached hydrogen (secondary N) is 1. The number of fused-ring (bicyclic) bond motifs is 3. The molecule has 136 valence electrons. The van der Waals surface area contributed by atoms with E-state index in [2.05, 4.69) is 52.2 Å². The van der Waals surface area contributed by atoms with Crippen LogP contribution in [0.5, 0.6) is 0 Å². The molecule has 0 bridgehead atoms. The maximum atomic E-state index is 12.6. The molecular formula is C20H19N5OS. The zero-order valence-electron chi connectivity index (χ0n) is 15.2. The average Bonchev–Trinajstić information content (AvgIpc) is 2.99. The van der Waals surface area contributed by atoms with Gasteiger partial charge in [-0.15, -0.1) is 5.10 Å². The van der Waals surface area contributed by atoms with Crippen molar-refractivity contribution < 1.29 is 0 Å². The number of benzene rings is 2. The minimum absolute atomic E-state index is 0.218. The molecule has 27 heavy (non-hydrogen) atoms. The Bertz CT molecular complexity index is 1240. The van der Waals surface area contributed by atoms with Gasteiger partial charge in [0.2, 0.25) is 0 Å². The summed E-state index contributed by atoms with van der Waals surface area (Å²) >= 11 is 1.53. The monoisotopic (exact) mass is 377 g/mol. The number of anilines is 1. The first-order chi connectivity index (χ1) is 13.1. The molecule has 1 aliphatic heterocycles. The maximum absolute atomic E-state index is 12.6. The Labute approximate surface area is 160 Å². The third kappa shape index (κ3) is 2.70. The van der Waals surface area contributed by atoms with E-state index in [1.54, 1.807) is 0 Å². The van der Waals surface area contributed by atoms with Crippen LogP contribution in [-0.4, -0.2) is 32.9 Å². The van der Waals surface area contributed by atoms with Gasteiger partial charge in [-0.1, -0.05) is 29.5 Å². The molecule has 4 aromatic rings. The number of hydrogen-bond donors (Lipinski definition) is 1. The summed E-state index contributed by atoms with van der Waals surface area (Å²) in [5, 5.41) is 8.78. The molecule has 2 aromatic carbocycles. The summed E-state index contributed by atoms with van der Waals surface area (Å²) in [6.07, 6.45) is 1.21. The second kappa shape index (κ2) is 6.13. The molecule has 2 aromatic heterocycles. The fourth-order valence-corrected chi connectivity index (χ4v) is 4.33. The normalized spacial score (nSPS) is 14.1. The number of nitrogens with zero attached hydrogens (tertiary/aromatic N) is 4. The number of aryl methyl sites for hydroxylation is 2. The van der Waals surface area contributed by atoms with Gasteiger partial charge in [-0.2, -0.15) is 4.98 Å². The Balaban J connectivity index is 1.65. The van der Waals surface area contributed by atoms with E-state index in [1.165, 1.54) is 29.3 Å². The van der Waals surface area contributed by atoms with Crippen LogP contribution < -0.4 is 10.5 Å². The zero-order chi connectivity index (χ0) is 18.5. The van der Waals surface area contributed by atoms with Gasteiger partial charge in [-0.25, -0.2) is 9.73 Å². The molecule has 7 heteroatoms. The van der Waals surface area contributed by atoms with Gasteiger partial charge in [0.05, 0.1) is 10.9 Å². The molecule has 0 amide bonds. The minimum Gasteiger partial charge on any atom is -0.371 e. The van der Waals surface area contributed by atoms with Gasteiger partial charge < -0.3 is 4.90 Å². The molecule has 1 fully saturated rings. The lowest BCUT2D eigenvalue weighted by atomic mass is 10.1. The van der Waals surface area contributed by atoms with Gasteiger partial charge in [0.15, 0.2) is 10.7 Å². The van der Waals surface area contributed by atoms with Crippen LogP contribution in [0.4, 0.5) is 5.69 Å². The highest BCUT2D eigenvalue weighted by Gasteiger charge is 2.18. The summed E-state index contributed by atoms with van der Waals surface area (Å²) in [6.45, 7) is 6.28. The number of hydrogen-bond acceptors (Lipinski definition) is 5. The van der Waals surface area contributed by atoms with Crippen LogP contribution in [0.25, 0.3) is 16.6 Å². The van der Waals surface area contributed by atoms with E-state index in [0.29, 0.717) is 16.1 Å². The van der Waals surface area contributed by atoms with Crippen molar-refractivity contribution in [2.24, 2.45) is 0 Å². The van der Waals surface area contributed by atoms with Crippen LogP contribution in [0.15, 0.2) is 51.1 Å². The molecule has 1 aliphatic rings. The minimum atomic E-state index is -0.218. The SMILES string of the molecule is Cc1ccc(Sc2n[nH]n3c2nc(=O)c2ccc(N4CCC4)cc23)c(C)c1. The first-order valence-electron chi connectivity index (χ1n) is 9.01. The predicted molar refractivity (Wildman–Crippen MR) is 108 cm³/mol. The number of aromatic amines is 1. The fourth-order valence-electron chi connectivity index (χ4n) is 3.45. The van der Waals surface area contributed by atoms with Crippen LogP contribution in [0.3, 0.4) is 0 Å². The van der Waals surface area contributed by atoms with Crippen molar-refractivity contribution in [1.29, 1.82) is 0 Å². The summed E-state index contributed by atoms with van der Waals surface area (Å²) in [5.41, 5.74) is 4.70. The van der Waals surface area contributed by atoms with Crippen molar-refractivity contribution in [1.82, 2.24) is 19.8 Å². The molecular weight excluding hydrogens is 358 g/mol. The third-order valence-corrected chi connectivity index (χ3v) is 6.22. The molecule has 5 rings (SSSR count). The molecule has 0 aliphatic carbocycles. The Hall–Kier alpha value is -2.80. The summed E-state index contributed by atoms with van der Waals surface area (Å²) in [5.74, 6) is 0. The number of aromatic nitrogens is 4. The third-order valence-electron chi connectivity index (χ3n) is 5.07. The Kier molecular flexibility index (Phi) is 3.72. The smallest absolute Gasteiger partial charge is 0.281 e. The van der Waals surface area contributed by atoms with Crippen molar-refractivity contribution in [3.63, 3.8) is 0 Å². The van der Waals surface area contributed by atoms with Crippen LogP contribution in [0.1, 0.15) is 17.5 Å². The van der Waals surface area contributed by atoms with Crippen molar-refractivity contribution in [2.45, 2.75) is 30.2 Å². The molecule has 1 saturated heterocycles. The summed E-state index contributed by atoms with van der Waals surface area (Å²) in [7, 11) is 0. The second-order valence-electron chi connectivity index (χ2n) is 7.01. The highest BCUT2D eigenvalue weighted by atomic mass is 32.2. The maximum Gasteiger partial charge on any atom is 0.281 e. The highest BCUT2D eigenvalue weighted by molar-refractivity contribution is 7.99.